The second-order valence-corrected chi connectivity index (χ2v) is 10.1. The van der Waals surface area contributed by atoms with Crippen molar-refractivity contribution in [3.8, 4) is 10.6 Å². The van der Waals surface area contributed by atoms with E-state index in [2.05, 4.69) is 20.3 Å². The molecule has 3 heterocycles. The molecule has 0 bridgehead atoms. The fourth-order valence-corrected chi connectivity index (χ4v) is 5.68. The van der Waals surface area contributed by atoms with Gasteiger partial charge in [0.1, 0.15) is 22.2 Å². The smallest absolute Gasteiger partial charge is 0.416 e. The first-order chi connectivity index (χ1) is 18.1. The lowest BCUT2D eigenvalue weighted by Crippen LogP contribution is -2.32. The third-order valence-electron chi connectivity index (χ3n) is 6.42. The minimum absolute atomic E-state index is 0.0170. The van der Waals surface area contributed by atoms with E-state index in [-0.39, 0.29) is 5.82 Å². The molecule has 2 N–H and O–H groups in total. The number of ether oxygens (including phenoxy) is 1. The zero-order valence-electron chi connectivity index (χ0n) is 20.5. The number of carbonyl (C=O) groups excluding carboxylic acids is 1. The summed E-state index contributed by atoms with van der Waals surface area (Å²) in [5.74, 6) is -0.111. The molecule has 4 aromatic rings. The molecule has 1 atom stereocenters. The van der Waals surface area contributed by atoms with E-state index < -0.39 is 23.3 Å². The van der Waals surface area contributed by atoms with Crippen molar-refractivity contribution >= 4 is 28.9 Å². The van der Waals surface area contributed by atoms with Crippen LogP contribution in [-0.2, 0) is 22.9 Å². The van der Waals surface area contributed by atoms with E-state index >= 15 is 0 Å². The molecule has 0 spiro atoms. The number of esters is 1. The van der Waals surface area contributed by atoms with Crippen molar-refractivity contribution in [3.63, 3.8) is 0 Å². The summed E-state index contributed by atoms with van der Waals surface area (Å²) in [6.45, 7) is 1.84. The zero-order chi connectivity index (χ0) is 27.1. The molecule has 0 amide bonds. The number of aromatic nitrogens is 3. The van der Waals surface area contributed by atoms with Crippen LogP contribution in [0.1, 0.15) is 50.5 Å². The van der Waals surface area contributed by atoms with Crippen molar-refractivity contribution in [2.45, 2.75) is 38.0 Å². The van der Waals surface area contributed by atoms with Crippen LogP contribution in [0.2, 0.25) is 0 Å². The number of methoxy groups -OCH3 is 1. The van der Waals surface area contributed by atoms with Gasteiger partial charge < -0.3 is 15.2 Å². The molecule has 5 rings (SSSR count). The highest BCUT2D eigenvalue weighted by Crippen LogP contribution is 2.44. The van der Waals surface area contributed by atoms with E-state index in [0.29, 0.717) is 51.8 Å². The van der Waals surface area contributed by atoms with Crippen LogP contribution in [0.25, 0.3) is 10.6 Å². The minimum atomic E-state index is -4.49. The summed E-state index contributed by atoms with van der Waals surface area (Å²) in [6.07, 6.45) is -0.0471. The van der Waals surface area contributed by atoms with Crippen LogP contribution >= 0.6 is 11.3 Å². The highest BCUT2D eigenvalue weighted by atomic mass is 32.1. The first-order valence-electron chi connectivity index (χ1n) is 11.8. The fraction of sp³-hybridized carbons (Fsp3) is 0.259. The van der Waals surface area contributed by atoms with Gasteiger partial charge in [-0.05, 0) is 73.2 Å². The number of carbonyl (C=O) groups is 1. The van der Waals surface area contributed by atoms with Crippen molar-refractivity contribution in [3.05, 3.63) is 87.7 Å². The predicted octanol–water partition coefficient (Wildman–Crippen LogP) is 6.03. The lowest BCUT2D eigenvalue weighted by Gasteiger charge is -2.33. The van der Waals surface area contributed by atoms with Gasteiger partial charge in [-0.15, -0.1) is 11.3 Å². The van der Waals surface area contributed by atoms with E-state index in [1.165, 1.54) is 18.4 Å². The molecule has 1 aliphatic carbocycles. The van der Waals surface area contributed by atoms with Crippen LogP contribution < -0.4 is 5.32 Å². The maximum absolute atomic E-state index is 13.1. The summed E-state index contributed by atoms with van der Waals surface area (Å²) in [4.78, 5) is 26.0. The largest absolute Gasteiger partial charge is 0.465 e. The maximum atomic E-state index is 13.1. The van der Waals surface area contributed by atoms with Crippen LogP contribution in [0.4, 0.5) is 24.8 Å². The second-order valence-electron chi connectivity index (χ2n) is 9.03. The molecule has 1 aromatic carbocycles. The summed E-state index contributed by atoms with van der Waals surface area (Å²) >= 11 is 1.27. The van der Waals surface area contributed by atoms with Gasteiger partial charge in [-0.2, -0.15) is 13.2 Å². The minimum Gasteiger partial charge on any atom is -0.465 e. The Balaban J connectivity index is 1.47. The van der Waals surface area contributed by atoms with Gasteiger partial charge in [0.05, 0.1) is 28.8 Å². The molecule has 0 fully saturated rings. The molecular formula is C27H23F3N4O3S. The SMILES string of the molecule is COC(=O)c1cccc2c1CCC[C@@]2(O)c1ncc(-c2cc(C)cc(Nc3cc(C(F)(F)F)ccn3)n2)s1. The Morgan fingerprint density at radius 3 is 2.74 bits per heavy atom. The van der Waals surface area contributed by atoms with Crippen LogP contribution in [0.3, 0.4) is 0 Å². The number of thiazole rings is 1. The third-order valence-corrected chi connectivity index (χ3v) is 7.59. The van der Waals surface area contributed by atoms with Crippen molar-refractivity contribution in [2.24, 2.45) is 0 Å². The monoisotopic (exact) mass is 540 g/mol. The zero-order valence-corrected chi connectivity index (χ0v) is 21.3. The Bertz CT molecular complexity index is 1520. The summed E-state index contributed by atoms with van der Waals surface area (Å²) < 4.78 is 44.2. The number of benzene rings is 1. The summed E-state index contributed by atoms with van der Waals surface area (Å²) in [5, 5.41) is 15.1. The number of nitrogens with one attached hydrogen (secondary N) is 1. The quantitative estimate of drug-likeness (QED) is 0.298. The van der Waals surface area contributed by atoms with Gasteiger partial charge in [-0.25, -0.2) is 19.7 Å². The first kappa shape index (κ1) is 25.8. The molecule has 0 saturated heterocycles. The normalized spacial score (nSPS) is 17.1. The standard InChI is InChI=1S/C27H23F3N4O3S/c1-15-11-20(33-23(12-15)34-22-13-16(8-10-31-22)27(28,29)30)21-14-32-25(38-21)26(36)9-4-6-17-18(24(35)37-2)5-3-7-19(17)26/h3,5,7-8,10-14,36H,4,6,9H2,1-2H3,(H,31,33,34)/t26-/m0/s1. The Labute approximate surface area is 220 Å². The number of hydrogen-bond donors (Lipinski definition) is 2. The first-order valence-corrected chi connectivity index (χ1v) is 12.6. The summed E-state index contributed by atoms with van der Waals surface area (Å²) in [7, 11) is 1.32. The molecule has 38 heavy (non-hydrogen) atoms. The van der Waals surface area contributed by atoms with Gasteiger partial charge in [-0.1, -0.05) is 12.1 Å². The van der Waals surface area contributed by atoms with Crippen LogP contribution in [0.5, 0.6) is 0 Å². The Kier molecular flexibility index (Phi) is 6.66. The van der Waals surface area contributed by atoms with E-state index in [1.54, 1.807) is 30.5 Å². The van der Waals surface area contributed by atoms with Gasteiger partial charge in [0, 0.05) is 12.4 Å². The van der Waals surface area contributed by atoms with Crippen molar-refractivity contribution in [1.82, 2.24) is 15.0 Å². The van der Waals surface area contributed by atoms with Crippen molar-refractivity contribution < 1.29 is 27.8 Å². The highest BCUT2D eigenvalue weighted by Gasteiger charge is 2.40. The number of alkyl halides is 3. The number of nitrogens with zero attached hydrogens (tertiary/aromatic N) is 3. The number of rotatable bonds is 5. The predicted molar refractivity (Wildman–Crippen MR) is 136 cm³/mol. The van der Waals surface area contributed by atoms with Crippen LogP contribution in [0.15, 0.2) is 54.9 Å². The molecule has 7 nitrogen and oxygen atoms in total. The lowest BCUT2D eigenvalue weighted by molar-refractivity contribution is -0.137. The fourth-order valence-electron chi connectivity index (χ4n) is 4.67. The number of aliphatic hydroxyl groups is 1. The molecule has 3 aromatic heterocycles. The van der Waals surface area contributed by atoms with E-state index in [1.807, 2.05) is 13.0 Å². The average molecular weight is 541 g/mol. The number of hydrogen-bond acceptors (Lipinski definition) is 8. The average Bonchev–Trinajstić information content (AvgIpc) is 3.39. The molecule has 0 saturated carbocycles. The highest BCUT2D eigenvalue weighted by molar-refractivity contribution is 7.15. The Morgan fingerprint density at radius 1 is 1.16 bits per heavy atom. The number of fused-ring (bicyclic) bond motifs is 1. The number of aryl methyl sites for hydroxylation is 1. The lowest BCUT2D eigenvalue weighted by atomic mass is 9.77. The maximum Gasteiger partial charge on any atom is 0.416 e. The molecule has 0 aliphatic heterocycles. The van der Waals surface area contributed by atoms with Gasteiger partial charge in [0.15, 0.2) is 0 Å². The molecule has 196 valence electrons. The van der Waals surface area contributed by atoms with Crippen LogP contribution in [-0.4, -0.2) is 33.1 Å². The number of anilines is 2. The Hall–Kier alpha value is -3.83. The molecule has 11 heteroatoms. The molecular weight excluding hydrogens is 517 g/mol. The third kappa shape index (κ3) is 4.86. The molecule has 1 aliphatic rings. The Morgan fingerprint density at radius 2 is 1.97 bits per heavy atom. The van der Waals surface area contributed by atoms with Crippen LogP contribution in [0, 0.1) is 6.92 Å². The molecule has 0 unspecified atom stereocenters. The molecule has 0 radical (unpaired) electrons. The number of pyridine rings is 2. The second kappa shape index (κ2) is 9.80. The van der Waals surface area contributed by atoms with E-state index in [9.17, 15) is 23.1 Å². The van der Waals surface area contributed by atoms with Crippen molar-refractivity contribution in [2.75, 3.05) is 12.4 Å². The van der Waals surface area contributed by atoms with Gasteiger partial charge in [0.2, 0.25) is 0 Å². The van der Waals surface area contributed by atoms with Gasteiger partial charge in [-0.3, -0.25) is 0 Å². The summed E-state index contributed by atoms with van der Waals surface area (Å²) in [6, 6.07) is 10.6. The van der Waals surface area contributed by atoms with E-state index in [0.717, 1.165) is 29.5 Å². The van der Waals surface area contributed by atoms with Gasteiger partial charge in [0.25, 0.3) is 0 Å². The summed E-state index contributed by atoms with van der Waals surface area (Å²) in [5.41, 5.74) is 0.981. The van der Waals surface area contributed by atoms with Gasteiger partial charge >= 0.3 is 12.1 Å². The topological polar surface area (TPSA) is 97.2 Å². The van der Waals surface area contributed by atoms with E-state index in [4.69, 9.17) is 4.74 Å². The number of halogens is 3. The van der Waals surface area contributed by atoms with Crippen molar-refractivity contribution in [1.29, 1.82) is 0 Å².